The van der Waals surface area contributed by atoms with Gasteiger partial charge in [-0.2, -0.15) is 9.38 Å². The first-order valence-electron chi connectivity index (χ1n) is 9.58. The van der Waals surface area contributed by atoms with E-state index >= 15 is 0 Å². The standard InChI is InChI=1S/C20H22N6O4/c1-23(19-20(26(28)29)25-9-3-2-4-17(25)22-19)14-18(27)21-15-5-7-16(8-6-15)24-10-12-30-13-11-24/h2-9H,10-14H2,1H3,(H,21,27). The molecule has 10 nitrogen and oxygen atoms in total. The van der Waals surface area contributed by atoms with Gasteiger partial charge in [-0.1, -0.05) is 6.07 Å². The molecule has 1 N–H and O–H groups in total. The van der Waals surface area contributed by atoms with Crippen LogP contribution in [0.25, 0.3) is 5.65 Å². The molecule has 1 amide bonds. The van der Waals surface area contributed by atoms with Crippen molar-refractivity contribution < 1.29 is 14.5 Å². The number of amides is 1. The lowest BCUT2D eigenvalue weighted by Gasteiger charge is -2.28. The van der Waals surface area contributed by atoms with E-state index in [0.29, 0.717) is 24.5 Å². The van der Waals surface area contributed by atoms with Crippen molar-refractivity contribution >= 4 is 34.6 Å². The van der Waals surface area contributed by atoms with Crippen LogP contribution >= 0.6 is 0 Å². The van der Waals surface area contributed by atoms with Crippen LogP contribution in [0.3, 0.4) is 0 Å². The number of fused-ring (bicyclic) bond motifs is 1. The van der Waals surface area contributed by atoms with Gasteiger partial charge in [-0.25, -0.2) is 0 Å². The molecule has 0 spiro atoms. The van der Waals surface area contributed by atoms with Crippen LogP contribution in [-0.2, 0) is 9.53 Å². The first-order valence-corrected chi connectivity index (χ1v) is 9.58. The molecule has 0 radical (unpaired) electrons. The van der Waals surface area contributed by atoms with E-state index in [0.717, 1.165) is 18.8 Å². The fourth-order valence-corrected chi connectivity index (χ4v) is 3.46. The van der Waals surface area contributed by atoms with Gasteiger partial charge >= 0.3 is 5.82 Å². The van der Waals surface area contributed by atoms with E-state index < -0.39 is 4.92 Å². The number of carbonyl (C=O) groups excluding carboxylic acids is 1. The van der Waals surface area contributed by atoms with Crippen LogP contribution in [0.15, 0.2) is 48.7 Å². The van der Waals surface area contributed by atoms with Crippen LogP contribution in [0.4, 0.5) is 23.0 Å². The minimum atomic E-state index is -0.492. The number of nitrogens with one attached hydrogen (secondary N) is 1. The Hall–Kier alpha value is -3.66. The Morgan fingerprint density at radius 3 is 2.67 bits per heavy atom. The molecule has 1 aromatic carbocycles. The molecule has 1 aliphatic rings. The number of benzene rings is 1. The second-order valence-corrected chi connectivity index (χ2v) is 7.00. The van der Waals surface area contributed by atoms with Crippen molar-refractivity contribution in [3.63, 3.8) is 0 Å². The molecule has 3 heterocycles. The van der Waals surface area contributed by atoms with Crippen molar-refractivity contribution in [3.8, 4) is 0 Å². The minimum Gasteiger partial charge on any atom is -0.378 e. The van der Waals surface area contributed by atoms with E-state index in [1.807, 2.05) is 24.3 Å². The molecule has 0 unspecified atom stereocenters. The normalized spacial score (nSPS) is 14.0. The van der Waals surface area contributed by atoms with Crippen molar-refractivity contribution in [2.45, 2.75) is 0 Å². The van der Waals surface area contributed by atoms with Gasteiger partial charge in [0.25, 0.3) is 0 Å². The number of rotatable bonds is 6. The van der Waals surface area contributed by atoms with Gasteiger partial charge in [0.1, 0.15) is 0 Å². The van der Waals surface area contributed by atoms with Gasteiger partial charge < -0.3 is 30.0 Å². The molecule has 156 valence electrons. The number of ether oxygens (including phenoxy) is 1. The maximum Gasteiger partial charge on any atom is 0.372 e. The summed E-state index contributed by atoms with van der Waals surface area (Å²) in [4.78, 5) is 31.6. The molecule has 1 saturated heterocycles. The summed E-state index contributed by atoms with van der Waals surface area (Å²) in [6, 6.07) is 12.7. The molecular formula is C20H22N6O4. The number of hydrogen-bond acceptors (Lipinski definition) is 7. The summed E-state index contributed by atoms with van der Waals surface area (Å²) in [5, 5.41) is 14.4. The molecule has 2 aromatic heterocycles. The Balaban J connectivity index is 1.43. The molecule has 3 aromatic rings. The lowest BCUT2D eigenvalue weighted by atomic mass is 10.2. The number of imidazole rings is 1. The molecule has 0 atom stereocenters. The Morgan fingerprint density at radius 1 is 1.23 bits per heavy atom. The molecule has 1 fully saturated rings. The van der Waals surface area contributed by atoms with Crippen LogP contribution in [0.2, 0.25) is 0 Å². The van der Waals surface area contributed by atoms with Gasteiger partial charge in [-0.15, -0.1) is 0 Å². The van der Waals surface area contributed by atoms with Crippen LogP contribution in [0, 0.1) is 10.1 Å². The van der Waals surface area contributed by atoms with E-state index in [2.05, 4.69) is 15.2 Å². The van der Waals surface area contributed by atoms with Crippen LogP contribution in [-0.4, -0.2) is 60.1 Å². The number of nitrogens with zero attached hydrogens (tertiary/aromatic N) is 5. The minimum absolute atomic E-state index is 0.0735. The SMILES string of the molecule is CN(CC(=O)Nc1ccc(N2CCOCC2)cc1)c1nc2ccccn2c1[N+](=O)[O-]. The van der Waals surface area contributed by atoms with Crippen molar-refractivity contribution in [2.24, 2.45) is 0 Å². The predicted molar refractivity (Wildman–Crippen MR) is 113 cm³/mol. The maximum absolute atomic E-state index is 12.5. The molecule has 0 aliphatic carbocycles. The highest BCUT2D eigenvalue weighted by molar-refractivity contribution is 5.94. The molecule has 0 saturated carbocycles. The predicted octanol–water partition coefficient (Wildman–Crippen LogP) is 2.15. The van der Waals surface area contributed by atoms with Crippen LogP contribution in [0.5, 0.6) is 0 Å². The Labute approximate surface area is 172 Å². The highest BCUT2D eigenvalue weighted by Gasteiger charge is 2.26. The lowest BCUT2D eigenvalue weighted by molar-refractivity contribution is -0.389. The number of hydrogen-bond donors (Lipinski definition) is 1. The summed E-state index contributed by atoms with van der Waals surface area (Å²) in [6.07, 6.45) is 1.58. The number of carbonyl (C=O) groups is 1. The molecule has 10 heteroatoms. The van der Waals surface area contributed by atoms with Crippen molar-refractivity contribution in [2.75, 3.05) is 55.0 Å². The zero-order valence-corrected chi connectivity index (χ0v) is 16.5. The summed E-state index contributed by atoms with van der Waals surface area (Å²) in [7, 11) is 1.61. The van der Waals surface area contributed by atoms with E-state index in [4.69, 9.17) is 4.74 Å². The van der Waals surface area contributed by atoms with Crippen molar-refractivity contribution in [1.29, 1.82) is 0 Å². The number of anilines is 3. The third-order valence-electron chi connectivity index (χ3n) is 4.93. The highest BCUT2D eigenvalue weighted by Crippen LogP contribution is 2.28. The molecule has 4 rings (SSSR count). The topological polar surface area (TPSA) is 105 Å². The second kappa shape index (κ2) is 8.37. The van der Waals surface area contributed by atoms with E-state index in [1.165, 1.54) is 9.30 Å². The first-order chi connectivity index (χ1) is 14.5. The van der Waals surface area contributed by atoms with Gasteiger partial charge in [0, 0.05) is 37.6 Å². The average molecular weight is 410 g/mol. The number of likely N-dealkylation sites (N-methyl/N-ethyl adjacent to an activating group) is 1. The van der Waals surface area contributed by atoms with E-state index in [9.17, 15) is 14.9 Å². The number of morpholine rings is 1. The van der Waals surface area contributed by atoms with Crippen LogP contribution < -0.4 is 15.1 Å². The lowest BCUT2D eigenvalue weighted by Crippen LogP contribution is -2.36. The fourth-order valence-electron chi connectivity index (χ4n) is 3.46. The summed E-state index contributed by atoms with van der Waals surface area (Å²) < 4.78 is 6.76. The highest BCUT2D eigenvalue weighted by atomic mass is 16.6. The zero-order chi connectivity index (χ0) is 21.1. The summed E-state index contributed by atoms with van der Waals surface area (Å²) >= 11 is 0. The molecule has 0 bridgehead atoms. The number of aromatic nitrogens is 2. The van der Waals surface area contributed by atoms with Crippen molar-refractivity contribution in [1.82, 2.24) is 9.38 Å². The Bertz CT molecular complexity index is 1060. The Kier molecular flexibility index (Phi) is 5.48. The van der Waals surface area contributed by atoms with E-state index in [-0.39, 0.29) is 24.1 Å². The summed E-state index contributed by atoms with van der Waals surface area (Å²) in [5.41, 5.74) is 2.19. The van der Waals surface area contributed by atoms with E-state index in [1.54, 1.807) is 31.4 Å². The summed E-state index contributed by atoms with van der Waals surface area (Å²) in [5.74, 6) is -0.317. The van der Waals surface area contributed by atoms with Crippen molar-refractivity contribution in [3.05, 3.63) is 58.8 Å². The molecule has 1 aliphatic heterocycles. The third-order valence-corrected chi connectivity index (χ3v) is 4.93. The largest absolute Gasteiger partial charge is 0.378 e. The zero-order valence-electron chi connectivity index (χ0n) is 16.5. The van der Waals surface area contributed by atoms with Gasteiger partial charge in [-0.3, -0.25) is 4.79 Å². The Morgan fingerprint density at radius 2 is 1.97 bits per heavy atom. The maximum atomic E-state index is 12.5. The fraction of sp³-hybridized carbons (Fsp3) is 0.300. The third kappa shape index (κ3) is 4.03. The molecular weight excluding hydrogens is 388 g/mol. The smallest absolute Gasteiger partial charge is 0.372 e. The second-order valence-electron chi connectivity index (χ2n) is 7.00. The van der Waals surface area contributed by atoms with Gasteiger partial charge in [0.05, 0.1) is 26.0 Å². The average Bonchev–Trinajstić information content (AvgIpc) is 3.15. The summed E-state index contributed by atoms with van der Waals surface area (Å²) in [6.45, 7) is 3.03. The van der Waals surface area contributed by atoms with Crippen LogP contribution in [0.1, 0.15) is 0 Å². The van der Waals surface area contributed by atoms with Gasteiger partial charge in [0.15, 0.2) is 0 Å². The quantitative estimate of drug-likeness (QED) is 0.490. The van der Waals surface area contributed by atoms with Gasteiger partial charge in [-0.05, 0) is 35.3 Å². The molecule has 30 heavy (non-hydrogen) atoms. The van der Waals surface area contributed by atoms with Gasteiger partial charge in [0.2, 0.25) is 17.4 Å². The number of nitro groups is 1. The monoisotopic (exact) mass is 410 g/mol. The first kappa shape index (κ1) is 19.6. The number of pyridine rings is 1.